The molecule has 1 radical (unpaired) electrons. The zero-order valence-electron chi connectivity index (χ0n) is 35.2. The molecule has 0 unspecified atom stereocenters. The molecule has 0 amide bonds. The van der Waals surface area contributed by atoms with Crippen LogP contribution in [0, 0.1) is 12.1 Å². The van der Waals surface area contributed by atoms with E-state index < -0.39 is 0 Å². The Morgan fingerprint density at radius 1 is 0.484 bits per heavy atom. The monoisotopic (exact) mass is 976 g/mol. The average molecular weight is 976 g/mol. The first-order valence-corrected chi connectivity index (χ1v) is 21.2. The van der Waals surface area contributed by atoms with E-state index in [1.807, 2.05) is 42.5 Å². The largest absolute Gasteiger partial charge is 0.332 e. The number of imidazole rings is 1. The van der Waals surface area contributed by atoms with Crippen LogP contribution in [0.3, 0.4) is 0 Å². The van der Waals surface area contributed by atoms with Gasteiger partial charge in [0.05, 0.1) is 16.9 Å². The zero-order valence-corrected chi connectivity index (χ0v) is 37.6. The molecule has 9 aromatic carbocycles. The van der Waals surface area contributed by atoms with Crippen LogP contribution in [0.15, 0.2) is 188 Å². The molecule has 0 N–H and O–H groups in total. The van der Waals surface area contributed by atoms with Crippen molar-refractivity contribution in [1.29, 1.82) is 0 Å². The van der Waals surface area contributed by atoms with Crippen LogP contribution >= 0.6 is 0 Å². The molecule has 0 atom stereocenters. The Morgan fingerprint density at radius 2 is 1.08 bits per heavy atom. The van der Waals surface area contributed by atoms with Gasteiger partial charge in [0.15, 0.2) is 0 Å². The van der Waals surface area contributed by atoms with Gasteiger partial charge in [-0.3, -0.25) is 4.98 Å². The number of pyridine rings is 1. The van der Waals surface area contributed by atoms with Gasteiger partial charge in [-0.1, -0.05) is 165 Å². The molecular weight excluding hydrogens is 931 g/mol. The van der Waals surface area contributed by atoms with E-state index in [1.165, 1.54) is 71.0 Å². The normalized spacial score (nSPS) is 11.4. The molecule has 0 fully saturated rings. The topological polar surface area (TPSA) is 30.7 Å². The van der Waals surface area contributed by atoms with E-state index in [-0.39, 0.29) is 31.9 Å². The summed E-state index contributed by atoms with van der Waals surface area (Å²) in [5.74, 6) is 1.49. The quantitative estimate of drug-likeness (QED) is 0.123. The molecule has 2 aromatic heterocycles. The Balaban J connectivity index is 0.000000325. The van der Waals surface area contributed by atoms with Crippen LogP contribution in [-0.4, -0.2) is 14.5 Å². The maximum atomic E-state index is 5.47. The third-order valence-corrected chi connectivity index (χ3v) is 11.9. The van der Waals surface area contributed by atoms with Crippen LogP contribution in [0.25, 0.3) is 93.6 Å². The maximum absolute atomic E-state index is 5.47. The van der Waals surface area contributed by atoms with E-state index in [2.05, 4.69) is 189 Å². The van der Waals surface area contributed by atoms with E-state index >= 15 is 0 Å². The van der Waals surface area contributed by atoms with Crippen LogP contribution in [0.5, 0.6) is 0 Å². The van der Waals surface area contributed by atoms with Crippen molar-refractivity contribution in [3.05, 3.63) is 211 Å². The number of hydrogen-bond donors (Lipinski definition) is 0. The van der Waals surface area contributed by atoms with Crippen molar-refractivity contribution in [2.45, 2.75) is 39.5 Å². The minimum atomic E-state index is 0. The Bertz CT molecular complexity index is 3250. The summed E-state index contributed by atoms with van der Waals surface area (Å²) in [7, 11) is 0. The fourth-order valence-electron chi connectivity index (χ4n) is 8.90. The van der Waals surface area contributed by atoms with Crippen molar-refractivity contribution in [1.82, 2.24) is 14.5 Å². The van der Waals surface area contributed by atoms with Crippen LogP contribution in [-0.2, 0) is 20.1 Å². The molecule has 11 aromatic rings. The third kappa shape index (κ3) is 7.40. The van der Waals surface area contributed by atoms with Crippen molar-refractivity contribution in [2.75, 3.05) is 0 Å². The van der Waals surface area contributed by atoms with Gasteiger partial charge in [0.2, 0.25) is 0 Å². The summed E-state index contributed by atoms with van der Waals surface area (Å²) in [6.07, 6.45) is 1.79. The molecule has 11 rings (SSSR count). The summed E-state index contributed by atoms with van der Waals surface area (Å²) < 4.78 is 2.47. The van der Waals surface area contributed by atoms with E-state index in [0.717, 1.165) is 33.7 Å². The predicted molar refractivity (Wildman–Crippen MR) is 257 cm³/mol. The van der Waals surface area contributed by atoms with Gasteiger partial charge in [-0.15, -0.1) is 59.7 Å². The molecule has 0 saturated carbocycles. The fourth-order valence-corrected chi connectivity index (χ4v) is 8.90. The van der Waals surface area contributed by atoms with E-state index in [4.69, 9.17) is 4.98 Å². The molecule has 2 heterocycles. The van der Waals surface area contributed by atoms with Gasteiger partial charge in [-0.05, 0) is 85.6 Å². The average Bonchev–Trinajstić information content (AvgIpc) is 3.72. The predicted octanol–water partition coefficient (Wildman–Crippen LogP) is 15.6. The second-order valence-corrected chi connectivity index (χ2v) is 16.4. The number of benzene rings is 9. The third-order valence-electron chi connectivity index (χ3n) is 11.9. The fraction of sp³-hybridized carbons (Fsp3) is 0.103. The van der Waals surface area contributed by atoms with Gasteiger partial charge in [0, 0.05) is 37.4 Å². The summed E-state index contributed by atoms with van der Waals surface area (Å²) in [6.45, 7) is 9.25. The van der Waals surface area contributed by atoms with Gasteiger partial charge < -0.3 is 9.55 Å². The smallest absolute Gasteiger partial charge is 0.0781 e. The maximum Gasteiger partial charge on any atom is 0.0781 e. The first kappa shape index (κ1) is 40.7. The molecule has 0 bridgehead atoms. The first-order valence-electron chi connectivity index (χ1n) is 21.2. The van der Waals surface area contributed by atoms with Gasteiger partial charge in [-0.2, -0.15) is 0 Å². The Hall–Kier alpha value is -6.71. The van der Waals surface area contributed by atoms with E-state index in [9.17, 15) is 0 Å². The Kier molecular flexibility index (Phi) is 11.4. The molecular formula is C58H45IrN3-2. The summed E-state index contributed by atoms with van der Waals surface area (Å²) in [4.78, 5) is 9.69. The van der Waals surface area contributed by atoms with Gasteiger partial charge in [-0.25, -0.2) is 0 Å². The standard InChI is InChI=1S/C47H37N2.C11H8N.Ir/c1-29(2)41-27-34(31-14-6-5-7-15-31)28-42(30(3)4)45(41)49-46-35-17-9-8-16-32(35)23-25-44(46)48-47(49)33-22-24-40-38-20-11-10-18-36(38)37-19-12-13-21-39(37)43(40)26-33;1-2-6-10(7-3-1)11-8-4-5-9-12-11;/h5-21,23-30H,1-4H3;1-6,8-9H;/q2*-1;. The van der Waals surface area contributed by atoms with Gasteiger partial charge >= 0.3 is 0 Å². The summed E-state index contributed by atoms with van der Waals surface area (Å²) in [6, 6.07) is 71.3. The summed E-state index contributed by atoms with van der Waals surface area (Å²) in [5.41, 5.74) is 11.5. The number of hydrogen-bond acceptors (Lipinski definition) is 2. The molecule has 0 aliphatic heterocycles. The first-order chi connectivity index (χ1) is 29.9. The van der Waals surface area contributed by atoms with Crippen molar-refractivity contribution in [3.8, 4) is 39.5 Å². The van der Waals surface area contributed by atoms with Crippen LogP contribution < -0.4 is 0 Å². The Morgan fingerprint density at radius 3 is 1.71 bits per heavy atom. The minimum absolute atomic E-state index is 0. The van der Waals surface area contributed by atoms with Crippen LogP contribution in [0.2, 0.25) is 0 Å². The van der Waals surface area contributed by atoms with Gasteiger partial charge in [0.25, 0.3) is 0 Å². The molecule has 303 valence electrons. The van der Waals surface area contributed by atoms with Crippen molar-refractivity contribution in [3.63, 3.8) is 0 Å². The number of rotatable bonds is 6. The number of aromatic nitrogens is 3. The van der Waals surface area contributed by atoms with Crippen LogP contribution in [0.4, 0.5) is 0 Å². The SMILES string of the molecule is CC(C)c1cc(-c2ccccc2)cc(C(C)C)c1-n1c(-c2[c-]cc3c4ccccc4c4ccccc4c3c2)nc2ccc3ccccc3c21.[Ir].[c-]1ccccc1-c1ccccn1. The van der Waals surface area contributed by atoms with Crippen LogP contribution in [0.1, 0.15) is 50.7 Å². The molecule has 62 heavy (non-hydrogen) atoms. The number of nitrogens with zero attached hydrogens (tertiary/aromatic N) is 3. The molecule has 0 aliphatic carbocycles. The number of fused-ring (bicyclic) bond motifs is 9. The van der Waals surface area contributed by atoms with E-state index in [1.54, 1.807) is 6.20 Å². The second-order valence-electron chi connectivity index (χ2n) is 16.4. The van der Waals surface area contributed by atoms with Crippen molar-refractivity contribution >= 4 is 54.1 Å². The molecule has 0 spiro atoms. The molecule has 0 aliphatic rings. The molecule has 4 heteroatoms. The second kappa shape index (κ2) is 17.3. The van der Waals surface area contributed by atoms with E-state index in [0.29, 0.717) is 0 Å². The minimum Gasteiger partial charge on any atom is -0.332 e. The summed E-state index contributed by atoms with van der Waals surface area (Å²) in [5, 5.41) is 9.88. The zero-order chi connectivity index (χ0) is 41.5. The van der Waals surface area contributed by atoms with Crippen molar-refractivity contribution in [2.24, 2.45) is 0 Å². The molecule has 3 nitrogen and oxygen atoms in total. The molecule has 0 saturated heterocycles. The van der Waals surface area contributed by atoms with Crippen molar-refractivity contribution < 1.29 is 20.1 Å². The summed E-state index contributed by atoms with van der Waals surface area (Å²) >= 11 is 0. The van der Waals surface area contributed by atoms with Gasteiger partial charge in [0.1, 0.15) is 0 Å². The Labute approximate surface area is 377 Å².